The Morgan fingerprint density at radius 2 is 2.19 bits per heavy atom. The summed E-state index contributed by atoms with van der Waals surface area (Å²) in [6.07, 6.45) is 0.744. The summed E-state index contributed by atoms with van der Waals surface area (Å²) in [5.41, 5.74) is 0. The van der Waals surface area contributed by atoms with Gasteiger partial charge >= 0.3 is 0 Å². The first-order chi connectivity index (χ1) is 7.45. The first-order valence-electron chi connectivity index (χ1n) is 5.07. The van der Waals surface area contributed by atoms with E-state index in [1.807, 2.05) is 13.8 Å². The van der Waals surface area contributed by atoms with E-state index >= 15 is 0 Å². The maximum Gasteiger partial charge on any atom is 0.250 e. The van der Waals surface area contributed by atoms with Crippen LogP contribution in [0.5, 0.6) is 0 Å². The highest BCUT2D eigenvalue weighted by Crippen LogP contribution is 2.17. The van der Waals surface area contributed by atoms with Gasteiger partial charge in [0, 0.05) is 11.9 Å². The molecule has 92 valence electrons. The summed E-state index contributed by atoms with van der Waals surface area (Å²) in [7, 11) is -3.39. The van der Waals surface area contributed by atoms with Crippen molar-refractivity contribution in [1.82, 2.24) is 4.72 Å². The topological polar surface area (TPSA) is 46.2 Å². The molecule has 0 radical (unpaired) electrons. The fourth-order valence-corrected chi connectivity index (χ4v) is 3.96. The Morgan fingerprint density at radius 1 is 1.50 bits per heavy atom. The van der Waals surface area contributed by atoms with Crippen LogP contribution in [0.4, 0.5) is 0 Å². The predicted molar refractivity (Wildman–Crippen MR) is 68.6 cm³/mol. The molecule has 0 bridgehead atoms. The lowest BCUT2D eigenvalue weighted by Gasteiger charge is -2.17. The number of alkyl halides is 1. The third kappa shape index (κ3) is 4.05. The number of hydrogen-bond acceptors (Lipinski definition) is 3. The molecule has 0 aliphatic carbocycles. The van der Waals surface area contributed by atoms with Gasteiger partial charge in [0.2, 0.25) is 10.0 Å². The molecule has 0 aliphatic heterocycles. The second-order valence-electron chi connectivity index (χ2n) is 4.03. The van der Waals surface area contributed by atoms with E-state index in [1.54, 1.807) is 17.5 Å². The molecule has 16 heavy (non-hydrogen) atoms. The quantitative estimate of drug-likeness (QED) is 0.815. The van der Waals surface area contributed by atoms with E-state index in [2.05, 4.69) is 4.72 Å². The minimum atomic E-state index is -3.39. The molecule has 1 N–H and O–H groups in total. The van der Waals surface area contributed by atoms with Gasteiger partial charge in [0.15, 0.2) is 0 Å². The number of thiophene rings is 1. The van der Waals surface area contributed by atoms with E-state index < -0.39 is 10.0 Å². The van der Waals surface area contributed by atoms with Crippen molar-refractivity contribution in [3.8, 4) is 0 Å². The zero-order valence-electron chi connectivity index (χ0n) is 9.31. The van der Waals surface area contributed by atoms with E-state index in [-0.39, 0.29) is 6.04 Å². The summed E-state index contributed by atoms with van der Waals surface area (Å²) >= 11 is 6.96. The van der Waals surface area contributed by atoms with Gasteiger partial charge in [0.1, 0.15) is 4.21 Å². The largest absolute Gasteiger partial charge is 0.250 e. The Morgan fingerprint density at radius 3 is 2.62 bits per heavy atom. The molecule has 0 spiro atoms. The summed E-state index contributed by atoms with van der Waals surface area (Å²) in [6, 6.07) is 3.11. The normalized spacial score (nSPS) is 14.2. The van der Waals surface area contributed by atoms with Gasteiger partial charge in [-0.1, -0.05) is 19.9 Å². The average molecular weight is 282 g/mol. The fourth-order valence-electron chi connectivity index (χ4n) is 1.41. The molecule has 0 amide bonds. The number of nitrogens with one attached hydrogen (secondary N) is 1. The molecule has 1 aromatic rings. The third-order valence-corrected chi connectivity index (χ3v) is 5.31. The second-order valence-corrected chi connectivity index (χ2v) is 7.23. The molecule has 1 aromatic heterocycles. The van der Waals surface area contributed by atoms with Crippen LogP contribution in [0, 0.1) is 5.92 Å². The van der Waals surface area contributed by atoms with Crippen LogP contribution in [0.2, 0.25) is 0 Å². The standard InChI is InChI=1S/C10H16ClNO2S2/c1-8(2)6-9(7-11)12-16(13,14)10-4-3-5-15-10/h3-5,8-9,12H,6-7H2,1-2H3. The predicted octanol–water partition coefficient (Wildman–Crippen LogP) is 2.68. The van der Waals surface area contributed by atoms with Crippen molar-refractivity contribution >= 4 is 33.0 Å². The lowest BCUT2D eigenvalue weighted by molar-refractivity contribution is 0.486. The molecule has 0 fully saturated rings. The van der Waals surface area contributed by atoms with Gasteiger partial charge in [0.05, 0.1) is 0 Å². The maximum atomic E-state index is 11.9. The van der Waals surface area contributed by atoms with Gasteiger partial charge < -0.3 is 0 Å². The monoisotopic (exact) mass is 281 g/mol. The Balaban J connectivity index is 2.71. The summed E-state index contributed by atoms with van der Waals surface area (Å²) in [5, 5.41) is 1.74. The van der Waals surface area contributed by atoms with E-state index in [0.717, 1.165) is 6.42 Å². The van der Waals surface area contributed by atoms with Crippen molar-refractivity contribution in [2.24, 2.45) is 5.92 Å². The second kappa shape index (κ2) is 6.00. The first kappa shape index (κ1) is 14.0. The van der Waals surface area contributed by atoms with Crippen molar-refractivity contribution in [3.63, 3.8) is 0 Å². The Labute approximate surface area is 106 Å². The van der Waals surface area contributed by atoms with Crippen LogP contribution in [0.1, 0.15) is 20.3 Å². The van der Waals surface area contributed by atoms with Crippen LogP contribution in [0.25, 0.3) is 0 Å². The minimum Gasteiger partial charge on any atom is -0.206 e. The van der Waals surface area contributed by atoms with Crippen molar-refractivity contribution < 1.29 is 8.42 Å². The number of hydrogen-bond donors (Lipinski definition) is 1. The average Bonchev–Trinajstić information content (AvgIpc) is 2.68. The molecule has 0 aliphatic rings. The molecule has 6 heteroatoms. The SMILES string of the molecule is CC(C)CC(CCl)NS(=O)(=O)c1cccs1. The zero-order valence-corrected chi connectivity index (χ0v) is 11.7. The lowest BCUT2D eigenvalue weighted by atomic mass is 10.1. The van der Waals surface area contributed by atoms with Gasteiger partial charge in [-0.3, -0.25) is 0 Å². The first-order valence-corrected chi connectivity index (χ1v) is 7.97. The van der Waals surface area contributed by atoms with Crippen LogP contribution in [0.15, 0.2) is 21.7 Å². The number of sulfonamides is 1. The lowest BCUT2D eigenvalue weighted by Crippen LogP contribution is -2.36. The van der Waals surface area contributed by atoms with Gasteiger partial charge in [-0.25, -0.2) is 13.1 Å². The Hall–Kier alpha value is -0.100. The number of halogens is 1. The van der Waals surface area contributed by atoms with Gasteiger partial charge in [0.25, 0.3) is 0 Å². The third-order valence-electron chi connectivity index (χ3n) is 2.02. The van der Waals surface area contributed by atoms with Crippen molar-refractivity contribution in [2.75, 3.05) is 5.88 Å². The highest BCUT2D eigenvalue weighted by molar-refractivity contribution is 7.91. The molecule has 1 heterocycles. The Kier molecular flexibility index (Phi) is 5.24. The fraction of sp³-hybridized carbons (Fsp3) is 0.600. The molecule has 1 unspecified atom stereocenters. The van der Waals surface area contributed by atoms with E-state index in [1.165, 1.54) is 11.3 Å². The molecule has 0 aromatic carbocycles. The van der Waals surface area contributed by atoms with Gasteiger partial charge in [-0.05, 0) is 23.8 Å². The van der Waals surface area contributed by atoms with E-state index in [4.69, 9.17) is 11.6 Å². The highest BCUT2D eigenvalue weighted by atomic mass is 35.5. The van der Waals surface area contributed by atoms with Crippen LogP contribution < -0.4 is 4.72 Å². The van der Waals surface area contributed by atoms with Crippen LogP contribution >= 0.6 is 22.9 Å². The molecular weight excluding hydrogens is 266 g/mol. The summed E-state index contributed by atoms with van der Waals surface area (Å²) in [4.78, 5) is 0. The summed E-state index contributed by atoms with van der Waals surface area (Å²) in [6.45, 7) is 4.08. The molecule has 1 atom stereocenters. The zero-order chi connectivity index (χ0) is 12.2. The molecule has 0 saturated carbocycles. The molecule has 3 nitrogen and oxygen atoms in total. The molecule has 0 saturated heterocycles. The highest BCUT2D eigenvalue weighted by Gasteiger charge is 2.20. The molecular formula is C10H16ClNO2S2. The minimum absolute atomic E-state index is 0.200. The Bertz CT molecular complexity index is 400. The van der Waals surface area contributed by atoms with Crippen molar-refractivity contribution in [1.29, 1.82) is 0 Å². The maximum absolute atomic E-state index is 11.9. The number of rotatable bonds is 6. The van der Waals surface area contributed by atoms with Crippen LogP contribution in [0.3, 0.4) is 0 Å². The smallest absolute Gasteiger partial charge is 0.206 e. The molecule has 1 rings (SSSR count). The van der Waals surface area contributed by atoms with Crippen LogP contribution in [-0.2, 0) is 10.0 Å². The van der Waals surface area contributed by atoms with Crippen molar-refractivity contribution in [3.05, 3.63) is 17.5 Å². The summed E-state index contributed by atoms with van der Waals surface area (Å²) in [5.74, 6) is 0.706. The van der Waals surface area contributed by atoms with Crippen molar-refractivity contribution in [2.45, 2.75) is 30.5 Å². The van der Waals surface area contributed by atoms with Gasteiger partial charge in [-0.15, -0.1) is 22.9 Å². The van der Waals surface area contributed by atoms with Crippen LogP contribution in [-0.4, -0.2) is 20.3 Å². The summed E-state index contributed by atoms with van der Waals surface area (Å²) < 4.78 is 26.7. The van der Waals surface area contributed by atoms with E-state index in [0.29, 0.717) is 16.0 Å². The van der Waals surface area contributed by atoms with Gasteiger partial charge in [-0.2, -0.15) is 0 Å². The van der Waals surface area contributed by atoms with E-state index in [9.17, 15) is 8.42 Å².